The van der Waals surface area contributed by atoms with Gasteiger partial charge in [0.1, 0.15) is 5.78 Å². The van der Waals surface area contributed by atoms with Crippen LogP contribution in [0.15, 0.2) is 0 Å². The molecule has 1 saturated carbocycles. The summed E-state index contributed by atoms with van der Waals surface area (Å²) in [7, 11) is 0. The van der Waals surface area contributed by atoms with Crippen molar-refractivity contribution in [2.45, 2.75) is 32.6 Å². The second-order valence-corrected chi connectivity index (χ2v) is 4.76. The quantitative estimate of drug-likeness (QED) is 0.636. The minimum atomic E-state index is -0.381. The van der Waals surface area contributed by atoms with Gasteiger partial charge in [0, 0.05) is 26.1 Å². The van der Waals surface area contributed by atoms with Crippen LogP contribution in [-0.2, 0) is 9.53 Å². The summed E-state index contributed by atoms with van der Waals surface area (Å²) in [6, 6.07) is 2.38. The summed E-state index contributed by atoms with van der Waals surface area (Å²) in [5.74, 6) is 0.235. The van der Waals surface area contributed by atoms with Crippen LogP contribution in [0.25, 0.3) is 0 Å². The van der Waals surface area contributed by atoms with E-state index in [0.717, 1.165) is 26.1 Å². The molecule has 0 atom stereocenters. The lowest BCUT2D eigenvalue weighted by atomic mass is 9.51. The van der Waals surface area contributed by atoms with E-state index in [-0.39, 0.29) is 16.6 Å². The molecule has 0 aromatic rings. The first-order valence-corrected chi connectivity index (χ1v) is 5.13. The van der Waals surface area contributed by atoms with Crippen molar-refractivity contribution in [2.75, 3.05) is 13.2 Å². The van der Waals surface area contributed by atoms with E-state index in [9.17, 15) is 10.1 Å². The fourth-order valence-electron chi connectivity index (χ4n) is 2.56. The molecule has 3 nitrogen and oxygen atoms in total. The molecule has 2 fully saturated rings. The minimum absolute atomic E-state index is 0.00604. The van der Waals surface area contributed by atoms with Gasteiger partial charge in [-0.3, -0.25) is 4.79 Å². The molecule has 3 heteroatoms. The molecule has 0 aromatic carbocycles. The first-order valence-electron chi connectivity index (χ1n) is 5.13. The molecule has 1 saturated heterocycles. The lowest BCUT2D eigenvalue weighted by molar-refractivity contribution is -0.141. The van der Waals surface area contributed by atoms with Gasteiger partial charge in [-0.2, -0.15) is 5.26 Å². The summed E-state index contributed by atoms with van der Waals surface area (Å²) in [5, 5.41) is 9.23. The number of ketones is 1. The van der Waals surface area contributed by atoms with Crippen LogP contribution in [0.2, 0.25) is 0 Å². The summed E-state index contributed by atoms with van der Waals surface area (Å²) in [6.07, 6.45) is 2.74. The van der Waals surface area contributed by atoms with Crippen molar-refractivity contribution in [1.82, 2.24) is 0 Å². The van der Waals surface area contributed by atoms with E-state index in [2.05, 4.69) is 13.0 Å². The fourth-order valence-corrected chi connectivity index (χ4v) is 2.56. The van der Waals surface area contributed by atoms with Crippen LogP contribution in [0.5, 0.6) is 0 Å². The zero-order valence-corrected chi connectivity index (χ0v) is 8.51. The molecule has 0 unspecified atom stereocenters. The molecule has 0 N–H and O–H groups in total. The maximum Gasteiger partial charge on any atom is 0.136 e. The minimum Gasteiger partial charge on any atom is -0.381 e. The molecule has 76 valence electrons. The Labute approximate surface area is 84.0 Å². The predicted octanol–water partition coefficient (Wildman–Crippen LogP) is 1.68. The molecule has 0 bridgehead atoms. The Hall–Kier alpha value is -0.880. The Balaban J connectivity index is 2.19. The van der Waals surface area contributed by atoms with Gasteiger partial charge in [-0.05, 0) is 18.3 Å². The molecule has 2 aliphatic rings. The van der Waals surface area contributed by atoms with Crippen molar-refractivity contribution in [3.63, 3.8) is 0 Å². The summed E-state index contributed by atoms with van der Waals surface area (Å²) in [5.41, 5.74) is -0.387. The average molecular weight is 193 g/mol. The van der Waals surface area contributed by atoms with Crippen LogP contribution in [-0.4, -0.2) is 19.0 Å². The Bertz CT molecular complexity index is 289. The number of hydrogen-bond donors (Lipinski definition) is 0. The van der Waals surface area contributed by atoms with Crippen molar-refractivity contribution < 1.29 is 9.53 Å². The highest BCUT2D eigenvalue weighted by molar-refractivity contribution is 5.87. The van der Waals surface area contributed by atoms with E-state index >= 15 is 0 Å². The van der Waals surface area contributed by atoms with Crippen molar-refractivity contribution in [2.24, 2.45) is 10.8 Å². The maximum absolute atomic E-state index is 11.1. The molecule has 0 amide bonds. The number of carbonyl (C=O) groups excluding carboxylic acids is 1. The first-order chi connectivity index (χ1) is 6.62. The summed E-state index contributed by atoms with van der Waals surface area (Å²) in [6.45, 7) is 3.59. The third-order valence-corrected chi connectivity index (χ3v) is 3.96. The number of rotatable bonds is 1. The van der Waals surface area contributed by atoms with Crippen LogP contribution in [0.1, 0.15) is 32.6 Å². The van der Waals surface area contributed by atoms with E-state index in [1.807, 2.05) is 0 Å². The van der Waals surface area contributed by atoms with Gasteiger partial charge in [0.2, 0.25) is 0 Å². The lowest BCUT2D eigenvalue weighted by Crippen LogP contribution is -2.51. The monoisotopic (exact) mass is 193 g/mol. The third-order valence-electron chi connectivity index (χ3n) is 3.96. The van der Waals surface area contributed by atoms with E-state index < -0.39 is 0 Å². The molecule has 1 heterocycles. The standard InChI is InChI=1S/C11H15NO2/c1-10(2-4-14-5-3-10)11(8-12)6-9(13)7-11/h2-7H2,1H3. The highest BCUT2D eigenvalue weighted by Gasteiger charge is 2.56. The number of nitriles is 1. The Morgan fingerprint density at radius 3 is 2.36 bits per heavy atom. The van der Waals surface area contributed by atoms with E-state index in [4.69, 9.17) is 4.74 Å². The van der Waals surface area contributed by atoms with Crippen molar-refractivity contribution in [3.8, 4) is 6.07 Å². The van der Waals surface area contributed by atoms with Gasteiger partial charge in [0.05, 0.1) is 11.5 Å². The molecule has 0 spiro atoms. The van der Waals surface area contributed by atoms with Gasteiger partial charge >= 0.3 is 0 Å². The zero-order chi connectivity index (χ0) is 10.2. The molecule has 0 aromatic heterocycles. The van der Waals surface area contributed by atoms with Gasteiger partial charge in [0.25, 0.3) is 0 Å². The van der Waals surface area contributed by atoms with Crippen molar-refractivity contribution in [1.29, 1.82) is 5.26 Å². The van der Waals surface area contributed by atoms with Crippen LogP contribution in [0.3, 0.4) is 0 Å². The normalized spacial score (nSPS) is 29.0. The number of carbonyl (C=O) groups is 1. The molecular formula is C11H15NO2. The average Bonchev–Trinajstić information content (AvgIpc) is 2.13. The van der Waals surface area contributed by atoms with Crippen molar-refractivity contribution >= 4 is 5.78 Å². The molecule has 1 aliphatic heterocycles. The molecular weight excluding hydrogens is 178 g/mol. The van der Waals surface area contributed by atoms with Gasteiger partial charge < -0.3 is 4.74 Å². The molecule has 14 heavy (non-hydrogen) atoms. The molecule has 2 rings (SSSR count). The Morgan fingerprint density at radius 2 is 1.93 bits per heavy atom. The number of ether oxygens (including phenoxy) is 1. The van der Waals surface area contributed by atoms with Gasteiger partial charge in [-0.15, -0.1) is 0 Å². The fraction of sp³-hybridized carbons (Fsp3) is 0.818. The summed E-state index contributed by atoms with van der Waals surface area (Å²) >= 11 is 0. The van der Waals surface area contributed by atoms with Crippen LogP contribution in [0.4, 0.5) is 0 Å². The Kier molecular flexibility index (Phi) is 2.11. The van der Waals surface area contributed by atoms with E-state index in [0.29, 0.717) is 12.8 Å². The van der Waals surface area contributed by atoms with Crippen LogP contribution >= 0.6 is 0 Å². The molecule has 1 aliphatic carbocycles. The first kappa shape index (κ1) is 9.67. The van der Waals surface area contributed by atoms with E-state index in [1.54, 1.807) is 0 Å². The smallest absolute Gasteiger partial charge is 0.136 e. The Morgan fingerprint density at radius 1 is 1.36 bits per heavy atom. The highest BCUT2D eigenvalue weighted by Crippen LogP contribution is 2.56. The zero-order valence-electron chi connectivity index (χ0n) is 8.51. The van der Waals surface area contributed by atoms with Gasteiger partial charge in [-0.25, -0.2) is 0 Å². The third kappa shape index (κ3) is 1.18. The maximum atomic E-state index is 11.1. The number of hydrogen-bond acceptors (Lipinski definition) is 3. The van der Waals surface area contributed by atoms with Gasteiger partial charge in [-0.1, -0.05) is 6.92 Å². The number of Topliss-reactive ketones (excluding diaryl/α,β-unsaturated/α-hetero) is 1. The summed E-state index contributed by atoms with van der Waals surface area (Å²) in [4.78, 5) is 11.1. The largest absolute Gasteiger partial charge is 0.381 e. The SMILES string of the molecule is CC1(C2(C#N)CC(=O)C2)CCOCC1. The van der Waals surface area contributed by atoms with E-state index in [1.165, 1.54) is 0 Å². The summed E-state index contributed by atoms with van der Waals surface area (Å²) < 4.78 is 5.31. The van der Waals surface area contributed by atoms with Crippen molar-refractivity contribution in [3.05, 3.63) is 0 Å². The molecule has 0 radical (unpaired) electrons. The number of nitrogens with zero attached hydrogens (tertiary/aromatic N) is 1. The second kappa shape index (κ2) is 3.06. The van der Waals surface area contributed by atoms with Crippen LogP contribution in [0, 0.1) is 22.2 Å². The predicted molar refractivity (Wildman–Crippen MR) is 50.4 cm³/mol. The lowest BCUT2D eigenvalue weighted by Gasteiger charge is -2.50. The van der Waals surface area contributed by atoms with Crippen LogP contribution < -0.4 is 0 Å². The van der Waals surface area contributed by atoms with Gasteiger partial charge in [0.15, 0.2) is 0 Å². The highest BCUT2D eigenvalue weighted by atomic mass is 16.5. The second-order valence-electron chi connectivity index (χ2n) is 4.76. The topological polar surface area (TPSA) is 50.1 Å².